The molecule has 0 saturated carbocycles. The SMILES string of the molecule is COC(=O)c1cccc(Cn2nc(N3CC(c4ccccc4)C(c4ccc(Cl)cc4)=N3)n(C)c2=O)c1. The van der Waals surface area contributed by atoms with Crippen LogP contribution < -0.4 is 10.7 Å². The van der Waals surface area contributed by atoms with E-state index in [0.717, 1.165) is 22.4 Å². The van der Waals surface area contributed by atoms with Crippen molar-refractivity contribution in [3.8, 4) is 0 Å². The molecule has 8 nitrogen and oxygen atoms in total. The van der Waals surface area contributed by atoms with Crippen LogP contribution in [-0.4, -0.2) is 39.7 Å². The molecule has 4 aromatic rings. The van der Waals surface area contributed by atoms with Crippen molar-refractivity contribution in [2.75, 3.05) is 18.7 Å². The van der Waals surface area contributed by atoms with E-state index in [1.54, 1.807) is 30.3 Å². The molecular formula is C27H24ClN5O3. The fourth-order valence-corrected chi connectivity index (χ4v) is 4.47. The average molecular weight is 502 g/mol. The van der Waals surface area contributed by atoms with E-state index < -0.39 is 5.97 Å². The van der Waals surface area contributed by atoms with Crippen LogP contribution in [0.15, 0.2) is 88.8 Å². The van der Waals surface area contributed by atoms with Gasteiger partial charge in [-0.3, -0.25) is 4.57 Å². The summed E-state index contributed by atoms with van der Waals surface area (Å²) < 4.78 is 7.66. The number of ether oxygens (including phenoxy) is 1. The molecule has 0 N–H and O–H groups in total. The summed E-state index contributed by atoms with van der Waals surface area (Å²) in [5.41, 5.74) is 3.86. The number of hydrogen-bond donors (Lipinski definition) is 0. The van der Waals surface area contributed by atoms with Crippen LogP contribution in [0.5, 0.6) is 0 Å². The van der Waals surface area contributed by atoms with Crippen LogP contribution >= 0.6 is 11.6 Å². The Bertz CT molecular complexity index is 1490. The van der Waals surface area contributed by atoms with Gasteiger partial charge in [-0.05, 0) is 41.0 Å². The number of hydrazone groups is 1. The number of anilines is 1. The van der Waals surface area contributed by atoms with Crippen LogP contribution in [0.25, 0.3) is 0 Å². The third kappa shape index (κ3) is 4.55. The van der Waals surface area contributed by atoms with Crippen molar-refractivity contribution in [1.29, 1.82) is 0 Å². The number of rotatable bonds is 6. The van der Waals surface area contributed by atoms with Gasteiger partial charge in [0.1, 0.15) is 0 Å². The smallest absolute Gasteiger partial charge is 0.347 e. The van der Waals surface area contributed by atoms with Gasteiger partial charge in [-0.2, -0.15) is 5.10 Å². The highest BCUT2D eigenvalue weighted by Gasteiger charge is 2.32. The lowest BCUT2D eigenvalue weighted by Gasteiger charge is -2.15. The number of methoxy groups -OCH3 is 1. The fraction of sp³-hybridized carbons (Fsp3) is 0.185. The van der Waals surface area contributed by atoms with E-state index in [1.807, 2.05) is 48.5 Å². The monoisotopic (exact) mass is 501 g/mol. The normalized spacial score (nSPS) is 15.1. The zero-order chi connectivity index (χ0) is 25.2. The third-order valence-corrected chi connectivity index (χ3v) is 6.44. The molecule has 2 heterocycles. The van der Waals surface area contributed by atoms with Crippen molar-refractivity contribution in [2.24, 2.45) is 12.1 Å². The number of halogens is 1. The van der Waals surface area contributed by atoms with Crippen LogP contribution in [0.4, 0.5) is 5.95 Å². The molecule has 1 aromatic heterocycles. The largest absolute Gasteiger partial charge is 0.465 e. The summed E-state index contributed by atoms with van der Waals surface area (Å²) in [5.74, 6) is -0.00243. The summed E-state index contributed by atoms with van der Waals surface area (Å²) in [6.07, 6.45) is 0. The van der Waals surface area contributed by atoms with Crippen LogP contribution in [-0.2, 0) is 18.3 Å². The Kier molecular flexibility index (Phi) is 6.43. The second kappa shape index (κ2) is 9.83. The number of hydrogen-bond acceptors (Lipinski definition) is 6. The van der Waals surface area contributed by atoms with E-state index in [4.69, 9.17) is 21.4 Å². The van der Waals surface area contributed by atoms with Gasteiger partial charge in [0.2, 0.25) is 5.95 Å². The molecule has 0 radical (unpaired) electrons. The first-order chi connectivity index (χ1) is 17.4. The third-order valence-electron chi connectivity index (χ3n) is 6.19. The maximum Gasteiger partial charge on any atom is 0.347 e. The van der Waals surface area contributed by atoms with E-state index in [1.165, 1.54) is 16.4 Å². The van der Waals surface area contributed by atoms with E-state index in [2.05, 4.69) is 17.2 Å². The van der Waals surface area contributed by atoms with Crippen LogP contribution in [0.2, 0.25) is 5.02 Å². The van der Waals surface area contributed by atoms with Gasteiger partial charge >= 0.3 is 11.7 Å². The Labute approximate surface area is 213 Å². The quantitative estimate of drug-likeness (QED) is 0.372. The number of nitrogens with zero attached hydrogens (tertiary/aromatic N) is 5. The summed E-state index contributed by atoms with van der Waals surface area (Å²) in [5, 5.41) is 11.9. The minimum Gasteiger partial charge on any atom is -0.465 e. The lowest BCUT2D eigenvalue weighted by Crippen LogP contribution is -2.25. The highest BCUT2D eigenvalue weighted by atomic mass is 35.5. The van der Waals surface area contributed by atoms with Crippen molar-refractivity contribution < 1.29 is 9.53 Å². The van der Waals surface area contributed by atoms with Gasteiger partial charge in [0, 0.05) is 18.0 Å². The molecule has 5 rings (SSSR count). The molecule has 3 aromatic carbocycles. The van der Waals surface area contributed by atoms with Crippen LogP contribution in [0, 0.1) is 0 Å². The molecule has 36 heavy (non-hydrogen) atoms. The predicted molar refractivity (Wildman–Crippen MR) is 139 cm³/mol. The van der Waals surface area contributed by atoms with Crippen molar-refractivity contribution >= 4 is 29.2 Å². The maximum absolute atomic E-state index is 13.0. The first-order valence-electron chi connectivity index (χ1n) is 11.4. The average Bonchev–Trinajstić information content (AvgIpc) is 3.46. The Morgan fingerprint density at radius 2 is 1.81 bits per heavy atom. The van der Waals surface area contributed by atoms with Gasteiger partial charge in [-0.1, -0.05) is 66.2 Å². The molecule has 0 amide bonds. The predicted octanol–water partition coefficient (Wildman–Crippen LogP) is 4.08. The van der Waals surface area contributed by atoms with Gasteiger partial charge in [0.05, 0.1) is 31.5 Å². The van der Waals surface area contributed by atoms with Gasteiger partial charge < -0.3 is 4.74 Å². The van der Waals surface area contributed by atoms with E-state index in [0.29, 0.717) is 23.1 Å². The Morgan fingerprint density at radius 3 is 2.53 bits per heavy atom. The second-order valence-electron chi connectivity index (χ2n) is 8.53. The molecule has 1 aliphatic rings. The van der Waals surface area contributed by atoms with E-state index in [9.17, 15) is 9.59 Å². The number of benzene rings is 3. The highest BCUT2D eigenvalue weighted by molar-refractivity contribution is 6.30. The number of esters is 1. The summed E-state index contributed by atoms with van der Waals surface area (Å²) in [7, 11) is 3.02. The molecule has 1 aliphatic heterocycles. The van der Waals surface area contributed by atoms with Gasteiger partial charge in [-0.25, -0.2) is 19.3 Å². The Hall–Kier alpha value is -4.17. The van der Waals surface area contributed by atoms with Gasteiger partial charge in [0.25, 0.3) is 0 Å². The molecule has 9 heteroatoms. The standard InChI is InChI=1S/C27H24ClN5O3/c1-31-26(30-33(27(31)35)16-18-7-6-10-21(15-18)25(34)36-2)32-17-23(19-8-4-3-5-9-19)24(29-32)20-11-13-22(28)14-12-20/h3-15,23H,16-17H2,1-2H3. The molecule has 1 atom stereocenters. The Morgan fingerprint density at radius 1 is 1.06 bits per heavy atom. The minimum absolute atomic E-state index is 0.00985. The molecule has 0 fully saturated rings. The van der Waals surface area contributed by atoms with Crippen molar-refractivity contribution in [1.82, 2.24) is 14.3 Å². The Balaban J connectivity index is 1.49. The molecule has 0 saturated heterocycles. The zero-order valence-corrected chi connectivity index (χ0v) is 20.6. The first kappa shape index (κ1) is 23.6. The molecular weight excluding hydrogens is 478 g/mol. The molecule has 0 aliphatic carbocycles. The minimum atomic E-state index is -0.431. The van der Waals surface area contributed by atoms with E-state index in [-0.39, 0.29) is 18.2 Å². The highest BCUT2D eigenvalue weighted by Crippen LogP contribution is 2.31. The lowest BCUT2D eigenvalue weighted by molar-refractivity contribution is 0.0600. The summed E-state index contributed by atoms with van der Waals surface area (Å²) in [6, 6.07) is 24.7. The van der Waals surface area contributed by atoms with Crippen LogP contribution in [0.3, 0.4) is 0 Å². The van der Waals surface area contributed by atoms with Crippen molar-refractivity contribution in [2.45, 2.75) is 12.5 Å². The zero-order valence-electron chi connectivity index (χ0n) is 19.8. The second-order valence-corrected chi connectivity index (χ2v) is 8.97. The first-order valence-corrected chi connectivity index (χ1v) is 11.8. The van der Waals surface area contributed by atoms with Crippen molar-refractivity contribution in [3.05, 3.63) is 117 Å². The maximum atomic E-state index is 13.0. The van der Waals surface area contributed by atoms with Crippen molar-refractivity contribution in [3.63, 3.8) is 0 Å². The van der Waals surface area contributed by atoms with Crippen LogP contribution in [0.1, 0.15) is 33.0 Å². The summed E-state index contributed by atoms with van der Waals surface area (Å²) >= 11 is 6.11. The summed E-state index contributed by atoms with van der Waals surface area (Å²) in [4.78, 5) is 24.9. The fourth-order valence-electron chi connectivity index (χ4n) is 4.35. The molecule has 0 spiro atoms. The molecule has 1 unspecified atom stereocenters. The molecule has 0 bridgehead atoms. The lowest BCUT2D eigenvalue weighted by atomic mass is 9.91. The number of carbonyl (C=O) groups excluding carboxylic acids is 1. The number of aromatic nitrogens is 3. The van der Waals surface area contributed by atoms with E-state index >= 15 is 0 Å². The van der Waals surface area contributed by atoms with Gasteiger partial charge in [0.15, 0.2) is 0 Å². The molecule has 182 valence electrons. The topological polar surface area (TPSA) is 81.7 Å². The summed E-state index contributed by atoms with van der Waals surface area (Å²) in [6.45, 7) is 0.741. The number of carbonyl (C=O) groups is 1. The van der Waals surface area contributed by atoms with Gasteiger partial charge in [-0.15, -0.1) is 5.10 Å².